The molecule has 0 atom stereocenters. The Morgan fingerprint density at radius 3 is 1.28 bits per heavy atom. The second-order valence-corrected chi connectivity index (χ2v) is 4.05. The lowest BCUT2D eigenvalue weighted by molar-refractivity contribution is 0.811. The Bertz CT molecular complexity index is 600. The first-order chi connectivity index (χ1) is 8.62. The molecule has 18 heavy (non-hydrogen) atoms. The number of nitrogens with zero attached hydrogens (tertiary/aromatic N) is 4. The average molecular weight is 230 g/mol. The summed E-state index contributed by atoms with van der Waals surface area (Å²) in [6.45, 7) is 0. The van der Waals surface area contributed by atoms with Gasteiger partial charge in [-0.2, -0.15) is 21.0 Å². The largest absolute Gasteiger partial charge is 0.196 e. The predicted octanol–water partition coefficient (Wildman–Crippen LogP) is 2.05. The van der Waals surface area contributed by atoms with Crippen LogP contribution in [0.3, 0.4) is 0 Å². The molecule has 0 aromatic rings. The molecule has 0 amide bonds. The first kappa shape index (κ1) is 11.4. The van der Waals surface area contributed by atoms with Gasteiger partial charge in [0, 0.05) is 0 Å². The Labute approximate surface area is 104 Å². The zero-order valence-electron chi connectivity index (χ0n) is 9.25. The summed E-state index contributed by atoms with van der Waals surface area (Å²) in [5.41, 5.74) is -1.17. The Hall–Kier alpha value is -3.08. The van der Waals surface area contributed by atoms with Crippen molar-refractivity contribution in [3.05, 3.63) is 47.6 Å². The molecule has 0 aromatic heterocycles. The van der Waals surface area contributed by atoms with Crippen molar-refractivity contribution in [2.24, 2.45) is 10.8 Å². The molecular formula is C14H6N4. The molecule has 0 bridgehead atoms. The SMILES string of the molecule is N#CC1(C#N)C=CC2=CC(C#N)(C#N)C=CC2=C1. The summed E-state index contributed by atoms with van der Waals surface area (Å²) in [6.07, 6.45) is 9.23. The van der Waals surface area contributed by atoms with Crippen LogP contribution in [0.2, 0.25) is 0 Å². The number of hydrogen-bond acceptors (Lipinski definition) is 4. The number of rotatable bonds is 0. The molecule has 0 aromatic carbocycles. The lowest BCUT2D eigenvalue weighted by atomic mass is 9.76. The molecule has 2 aliphatic carbocycles. The van der Waals surface area contributed by atoms with Gasteiger partial charge in [0.1, 0.15) is 0 Å². The monoisotopic (exact) mass is 230 g/mol. The van der Waals surface area contributed by atoms with Crippen LogP contribution in [0.4, 0.5) is 0 Å². The van der Waals surface area contributed by atoms with Crippen LogP contribution in [0.15, 0.2) is 47.6 Å². The summed E-state index contributed by atoms with van der Waals surface area (Å²) in [5, 5.41) is 36.0. The topological polar surface area (TPSA) is 95.2 Å². The lowest BCUT2D eigenvalue weighted by Gasteiger charge is -2.23. The average Bonchev–Trinajstić information content (AvgIpc) is 2.46. The van der Waals surface area contributed by atoms with E-state index in [-0.39, 0.29) is 0 Å². The molecule has 2 aliphatic rings. The number of nitriles is 4. The van der Waals surface area contributed by atoms with E-state index in [0.29, 0.717) is 11.1 Å². The molecule has 0 spiro atoms. The van der Waals surface area contributed by atoms with Gasteiger partial charge in [-0.1, -0.05) is 12.2 Å². The zero-order chi connectivity index (χ0) is 13.2. The third kappa shape index (κ3) is 1.51. The number of allylic oxidation sites excluding steroid dienone is 8. The van der Waals surface area contributed by atoms with E-state index < -0.39 is 10.8 Å². The van der Waals surface area contributed by atoms with E-state index in [1.807, 2.05) is 24.3 Å². The molecule has 0 aliphatic heterocycles. The highest BCUT2D eigenvalue weighted by molar-refractivity contribution is 5.61. The predicted molar refractivity (Wildman–Crippen MR) is 61.8 cm³/mol. The van der Waals surface area contributed by atoms with Crippen molar-refractivity contribution in [1.29, 1.82) is 21.0 Å². The summed E-state index contributed by atoms with van der Waals surface area (Å²) in [5.74, 6) is 0. The highest BCUT2D eigenvalue weighted by Gasteiger charge is 2.33. The van der Waals surface area contributed by atoms with Crippen LogP contribution in [-0.2, 0) is 0 Å². The van der Waals surface area contributed by atoms with Crippen LogP contribution in [0.25, 0.3) is 0 Å². The van der Waals surface area contributed by atoms with Crippen molar-refractivity contribution >= 4 is 0 Å². The smallest absolute Gasteiger partial charge is 0.181 e. The fourth-order valence-corrected chi connectivity index (χ4v) is 1.81. The zero-order valence-corrected chi connectivity index (χ0v) is 9.25. The van der Waals surface area contributed by atoms with E-state index in [4.69, 9.17) is 21.0 Å². The summed E-state index contributed by atoms with van der Waals surface area (Å²) in [7, 11) is 0. The van der Waals surface area contributed by atoms with Gasteiger partial charge < -0.3 is 0 Å². The molecular weight excluding hydrogens is 224 g/mol. The molecule has 0 heterocycles. The molecule has 0 fully saturated rings. The minimum Gasteiger partial charge on any atom is -0.196 e. The second kappa shape index (κ2) is 3.74. The highest BCUT2D eigenvalue weighted by Crippen LogP contribution is 2.37. The molecule has 0 unspecified atom stereocenters. The second-order valence-electron chi connectivity index (χ2n) is 4.05. The van der Waals surface area contributed by atoms with E-state index in [0.717, 1.165) is 0 Å². The lowest BCUT2D eigenvalue weighted by Crippen LogP contribution is -2.18. The van der Waals surface area contributed by atoms with E-state index >= 15 is 0 Å². The summed E-state index contributed by atoms with van der Waals surface area (Å²) in [4.78, 5) is 0. The fraction of sp³-hybridized carbons (Fsp3) is 0.143. The van der Waals surface area contributed by atoms with Crippen molar-refractivity contribution in [2.45, 2.75) is 0 Å². The van der Waals surface area contributed by atoms with Crippen molar-refractivity contribution in [1.82, 2.24) is 0 Å². The Morgan fingerprint density at radius 2 is 1.00 bits per heavy atom. The summed E-state index contributed by atoms with van der Waals surface area (Å²) >= 11 is 0. The van der Waals surface area contributed by atoms with Crippen LogP contribution in [0.5, 0.6) is 0 Å². The molecule has 0 radical (unpaired) electrons. The number of hydrogen-bond donors (Lipinski definition) is 0. The van der Waals surface area contributed by atoms with Gasteiger partial charge in [0.2, 0.25) is 0 Å². The Kier molecular flexibility index (Phi) is 2.37. The molecule has 4 nitrogen and oxygen atoms in total. The van der Waals surface area contributed by atoms with Gasteiger partial charge in [-0.05, 0) is 35.5 Å². The third-order valence-corrected chi connectivity index (χ3v) is 2.89. The van der Waals surface area contributed by atoms with Crippen LogP contribution >= 0.6 is 0 Å². The van der Waals surface area contributed by atoms with Crippen molar-refractivity contribution < 1.29 is 0 Å². The van der Waals surface area contributed by atoms with Crippen LogP contribution in [0, 0.1) is 56.2 Å². The highest BCUT2D eigenvalue weighted by atomic mass is 14.4. The first-order valence-electron chi connectivity index (χ1n) is 5.12. The first-order valence-corrected chi connectivity index (χ1v) is 5.12. The van der Waals surface area contributed by atoms with E-state index in [1.165, 1.54) is 24.3 Å². The molecule has 4 heteroatoms. The maximum atomic E-state index is 9.01. The van der Waals surface area contributed by atoms with E-state index in [2.05, 4.69) is 0 Å². The van der Waals surface area contributed by atoms with E-state index in [9.17, 15) is 0 Å². The summed E-state index contributed by atoms with van der Waals surface area (Å²) < 4.78 is 0. The van der Waals surface area contributed by atoms with Gasteiger partial charge in [0.15, 0.2) is 10.8 Å². The van der Waals surface area contributed by atoms with Gasteiger partial charge >= 0.3 is 0 Å². The molecule has 0 saturated carbocycles. The quantitative estimate of drug-likeness (QED) is 0.636. The van der Waals surface area contributed by atoms with Crippen LogP contribution < -0.4 is 0 Å². The minimum absolute atomic E-state index is 0.682. The van der Waals surface area contributed by atoms with Crippen molar-refractivity contribution in [2.75, 3.05) is 0 Å². The van der Waals surface area contributed by atoms with Crippen LogP contribution in [0.1, 0.15) is 0 Å². The van der Waals surface area contributed by atoms with Gasteiger partial charge in [0.25, 0.3) is 0 Å². The van der Waals surface area contributed by atoms with Crippen LogP contribution in [-0.4, -0.2) is 0 Å². The maximum absolute atomic E-state index is 9.01. The maximum Gasteiger partial charge on any atom is 0.181 e. The van der Waals surface area contributed by atoms with Gasteiger partial charge in [-0.3, -0.25) is 0 Å². The van der Waals surface area contributed by atoms with Crippen molar-refractivity contribution in [3.8, 4) is 24.3 Å². The minimum atomic E-state index is -1.27. The van der Waals surface area contributed by atoms with Gasteiger partial charge in [0.05, 0.1) is 24.3 Å². The molecule has 0 saturated heterocycles. The standard InChI is InChI=1S/C14H6N4/c15-7-13(8-16)3-1-11-5-14(9-17,10-18)4-2-12(11)6-13/h1-6H. The van der Waals surface area contributed by atoms with Gasteiger partial charge in [-0.15, -0.1) is 0 Å². The number of fused-ring (bicyclic) bond motifs is 1. The Balaban J connectivity index is 2.54. The van der Waals surface area contributed by atoms with E-state index in [1.54, 1.807) is 12.2 Å². The molecule has 82 valence electrons. The fourth-order valence-electron chi connectivity index (χ4n) is 1.81. The summed E-state index contributed by atoms with van der Waals surface area (Å²) in [6, 6.07) is 7.73. The normalized spacial score (nSPS) is 21.1. The van der Waals surface area contributed by atoms with Gasteiger partial charge in [-0.25, -0.2) is 0 Å². The molecule has 2 rings (SSSR count). The van der Waals surface area contributed by atoms with Crippen molar-refractivity contribution in [3.63, 3.8) is 0 Å². The Morgan fingerprint density at radius 1 is 0.667 bits per heavy atom. The third-order valence-electron chi connectivity index (χ3n) is 2.89. The molecule has 0 N–H and O–H groups in total.